The van der Waals surface area contributed by atoms with Crippen molar-refractivity contribution in [1.29, 1.82) is 0 Å². The normalized spacial score (nSPS) is 11.9. The zero-order valence-electron chi connectivity index (χ0n) is 9.96. The summed E-state index contributed by atoms with van der Waals surface area (Å²) in [4.78, 5) is 15.3. The summed E-state index contributed by atoms with van der Waals surface area (Å²) in [5, 5.41) is -0.206. The van der Waals surface area contributed by atoms with E-state index in [1.165, 1.54) is 6.20 Å². The number of rotatable bonds is 2. The Hall–Kier alpha value is -1.03. The zero-order valence-corrected chi connectivity index (χ0v) is 12.9. The van der Waals surface area contributed by atoms with Crippen molar-refractivity contribution < 1.29 is 22.7 Å². The minimum Gasteiger partial charge on any atom is -0.461 e. The first-order valence-corrected chi connectivity index (χ1v) is 6.82. The van der Waals surface area contributed by atoms with Crippen LogP contribution in [-0.4, -0.2) is 22.0 Å². The van der Waals surface area contributed by atoms with Crippen LogP contribution in [0, 0.1) is 3.57 Å². The Morgan fingerprint density at radius 2 is 2.20 bits per heavy atom. The monoisotopic (exact) mass is 418 g/mol. The molecule has 2 rings (SSSR count). The van der Waals surface area contributed by atoms with E-state index in [0.29, 0.717) is 3.57 Å². The molecule has 0 aliphatic rings. The van der Waals surface area contributed by atoms with Crippen molar-refractivity contribution in [1.82, 2.24) is 9.38 Å². The maximum Gasteiger partial charge on any atom is 0.420 e. The van der Waals surface area contributed by atoms with Crippen molar-refractivity contribution in [3.05, 3.63) is 32.2 Å². The highest BCUT2D eigenvalue weighted by molar-refractivity contribution is 14.1. The number of ether oxygens (including phenoxy) is 1. The van der Waals surface area contributed by atoms with E-state index in [4.69, 9.17) is 16.3 Å². The van der Waals surface area contributed by atoms with E-state index in [-0.39, 0.29) is 17.5 Å². The van der Waals surface area contributed by atoms with E-state index in [1.807, 2.05) is 0 Å². The summed E-state index contributed by atoms with van der Waals surface area (Å²) in [6.45, 7) is 1.65. The fraction of sp³-hybridized carbons (Fsp3) is 0.273. The molecule has 2 heterocycles. The molecule has 0 fully saturated rings. The third-order valence-electron chi connectivity index (χ3n) is 2.40. The van der Waals surface area contributed by atoms with Crippen molar-refractivity contribution in [2.24, 2.45) is 0 Å². The van der Waals surface area contributed by atoms with Crippen LogP contribution >= 0.6 is 34.2 Å². The topological polar surface area (TPSA) is 43.6 Å². The van der Waals surface area contributed by atoms with Crippen LogP contribution in [0.15, 0.2) is 12.3 Å². The number of carbonyl (C=O) groups excluding carboxylic acids is 1. The number of fused-ring (bicyclic) bond motifs is 1. The Kier molecular flexibility index (Phi) is 4.14. The molecule has 0 aliphatic carbocycles. The van der Waals surface area contributed by atoms with Gasteiger partial charge in [0.1, 0.15) is 5.15 Å². The van der Waals surface area contributed by atoms with E-state index in [2.05, 4.69) is 4.98 Å². The van der Waals surface area contributed by atoms with Crippen LogP contribution in [0.5, 0.6) is 0 Å². The van der Waals surface area contributed by atoms with Crippen LogP contribution in [0.25, 0.3) is 5.65 Å². The molecular weight excluding hydrogens is 411 g/mol. The summed E-state index contributed by atoms with van der Waals surface area (Å²) in [5.74, 6) is -0.857. The van der Waals surface area contributed by atoms with Gasteiger partial charge in [0.25, 0.3) is 0 Å². The molecule has 0 amide bonds. The molecule has 2 aromatic rings. The van der Waals surface area contributed by atoms with E-state index in [9.17, 15) is 18.0 Å². The molecule has 0 bridgehead atoms. The predicted molar refractivity (Wildman–Crippen MR) is 73.9 cm³/mol. The average molecular weight is 419 g/mol. The van der Waals surface area contributed by atoms with Crippen LogP contribution < -0.4 is 0 Å². The van der Waals surface area contributed by atoms with Crippen molar-refractivity contribution in [3.8, 4) is 0 Å². The van der Waals surface area contributed by atoms with Crippen LogP contribution in [0.4, 0.5) is 13.2 Å². The second-order valence-corrected chi connectivity index (χ2v) is 5.34. The average Bonchev–Trinajstić information content (AvgIpc) is 2.65. The standard InChI is InChI=1S/C11H7ClF3IN2O2/c1-2-20-10(19)7-8(12)18-4-5(16)3-6(9(18)17-7)11(13,14)15/h3-4H,2H2,1H3. The first-order chi connectivity index (χ1) is 9.25. The van der Waals surface area contributed by atoms with Gasteiger partial charge in [-0.25, -0.2) is 9.78 Å². The van der Waals surface area contributed by atoms with Gasteiger partial charge < -0.3 is 4.74 Å². The second-order valence-electron chi connectivity index (χ2n) is 3.74. The third-order valence-corrected chi connectivity index (χ3v) is 3.35. The molecule has 0 spiro atoms. The van der Waals surface area contributed by atoms with E-state index < -0.39 is 23.4 Å². The number of halogens is 5. The summed E-state index contributed by atoms with van der Waals surface area (Å²) in [7, 11) is 0. The molecule has 0 aliphatic heterocycles. The zero-order chi connectivity index (χ0) is 15.1. The lowest BCUT2D eigenvalue weighted by Crippen LogP contribution is -2.08. The summed E-state index contributed by atoms with van der Waals surface area (Å²) in [6.07, 6.45) is -3.23. The Bertz CT molecular complexity index is 684. The molecule has 0 aromatic carbocycles. The predicted octanol–water partition coefficient (Wildman–Crippen LogP) is 3.79. The van der Waals surface area contributed by atoms with Gasteiger partial charge in [-0.2, -0.15) is 13.2 Å². The number of carbonyl (C=O) groups is 1. The number of hydrogen-bond donors (Lipinski definition) is 0. The Balaban J connectivity index is 2.73. The molecule has 2 aromatic heterocycles. The molecule has 0 saturated carbocycles. The molecular formula is C11H7ClF3IN2O2. The van der Waals surface area contributed by atoms with Crippen molar-refractivity contribution in [2.45, 2.75) is 13.1 Å². The fourth-order valence-electron chi connectivity index (χ4n) is 1.62. The van der Waals surface area contributed by atoms with E-state index in [0.717, 1.165) is 10.5 Å². The van der Waals surface area contributed by atoms with Gasteiger partial charge in [0.05, 0.1) is 12.2 Å². The van der Waals surface area contributed by atoms with Crippen molar-refractivity contribution in [2.75, 3.05) is 6.61 Å². The molecule has 108 valence electrons. The molecule has 0 unspecified atom stereocenters. The Labute approximate surface area is 130 Å². The summed E-state index contributed by atoms with van der Waals surface area (Å²) in [5.41, 5.74) is -1.71. The van der Waals surface area contributed by atoms with Gasteiger partial charge in [0.2, 0.25) is 0 Å². The number of aromatic nitrogens is 2. The molecule has 0 saturated heterocycles. The lowest BCUT2D eigenvalue weighted by molar-refractivity contribution is -0.136. The van der Waals surface area contributed by atoms with Crippen LogP contribution in [0.1, 0.15) is 23.0 Å². The number of pyridine rings is 1. The van der Waals surface area contributed by atoms with Crippen LogP contribution in [0.2, 0.25) is 5.15 Å². The minimum absolute atomic E-state index is 0.0761. The molecule has 0 N–H and O–H groups in total. The first kappa shape index (κ1) is 15.4. The smallest absolute Gasteiger partial charge is 0.420 e. The Morgan fingerprint density at radius 3 is 2.75 bits per heavy atom. The second kappa shape index (κ2) is 5.40. The largest absolute Gasteiger partial charge is 0.461 e. The highest BCUT2D eigenvalue weighted by Gasteiger charge is 2.35. The van der Waals surface area contributed by atoms with Crippen LogP contribution in [-0.2, 0) is 10.9 Å². The highest BCUT2D eigenvalue weighted by Crippen LogP contribution is 2.35. The number of alkyl halides is 3. The maximum atomic E-state index is 13.0. The molecule has 4 nitrogen and oxygen atoms in total. The molecule has 20 heavy (non-hydrogen) atoms. The quantitative estimate of drug-likeness (QED) is 0.551. The summed E-state index contributed by atoms with van der Waals surface area (Å²) in [6, 6.07) is 0.939. The van der Waals surface area contributed by atoms with Gasteiger partial charge in [0, 0.05) is 9.77 Å². The lowest BCUT2D eigenvalue weighted by Gasteiger charge is -2.08. The number of hydrogen-bond acceptors (Lipinski definition) is 3. The van der Waals surface area contributed by atoms with Gasteiger partial charge in [-0.05, 0) is 35.6 Å². The lowest BCUT2D eigenvalue weighted by atomic mass is 10.2. The SMILES string of the molecule is CCOC(=O)c1nc2c(C(F)(F)F)cc(I)cn2c1Cl. The first-order valence-electron chi connectivity index (χ1n) is 5.37. The van der Waals surface area contributed by atoms with E-state index in [1.54, 1.807) is 29.5 Å². The minimum atomic E-state index is -4.59. The number of imidazole rings is 1. The number of esters is 1. The highest BCUT2D eigenvalue weighted by atomic mass is 127. The molecule has 0 radical (unpaired) electrons. The molecule has 9 heteroatoms. The summed E-state index contributed by atoms with van der Waals surface area (Å²) >= 11 is 7.64. The van der Waals surface area contributed by atoms with Gasteiger partial charge in [0.15, 0.2) is 11.3 Å². The van der Waals surface area contributed by atoms with Gasteiger partial charge in [-0.3, -0.25) is 4.40 Å². The summed E-state index contributed by atoms with van der Waals surface area (Å²) < 4.78 is 45.0. The van der Waals surface area contributed by atoms with E-state index >= 15 is 0 Å². The van der Waals surface area contributed by atoms with Crippen molar-refractivity contribution in [3.63, 3.8) is 0 Å². The number of nitrogens with zero attached hydrogens (tertiary/aromatic N) is 2. The van der Waals surface area contributed by atoms with Gasteiger partial charge >= 0.3 is 12.1 Å². The Morgan fingerprint density at radius 1 is 1.55 bits per heavy atom. The maximum absolute atomic E-state index is 13.0. The van der Waals surface area contributed by atoms with Gasteiger partial charge in [-0.15, -0.1) is 0 Å². The van der Waals surface area contributed by atoms with Crippen LogP contribution in [0.3, 0.4) is 0 Å². The van der Waals surface area contributed by atoms with Crippen molar-refractivity contribution >= 4 is 45.8 Å². The fourth-order valence-corrected chi connectivity index (χ4v) is 2.46. The third kappa shape index (κ3) is 2.71. The molecule has 0 atom stereocenters. The van der Waals surface area contributed by atoms with Gasteiger partial charge in [-0.1, -0.05) is 11.6 Å².